The lowest BCUT2D eigenvalue weighted by molar-refractivity contribution is 0.101. The summed E-state index contributed by atoms with van der Waals surface area (Å²) in [6, 6.07) is 14.6. The zero-order valence-corrected chi connectivity index (χ0v) is 16.0. The number of aromatic nitrogens is 4. The molecule has 1 aromatic carbocycles. The number of nitrogens with zero attached hydrogens (tertiary/aromatic N) is 4. The summed E-state index contributed by atoms with van der Waals surface area (Å²) in [5, 5.41) is 3.04. The van der Waals surface area contributed by atoms with Gasteiger partial charge in [0.2, 0.25) is 5.13 Å². The van der Waals surface area contributed by atoms with E-state index in [4.69, 9.17) is 0 Å². The molecule has 3 heterocycles. The lowest BCUT2D eigenvalue weighted by atomic mass is 10.2. The number of hydrogen-bond acceptors (Lipinski definition) is 5. The Hall–Kier alpha value is -3.65. The fourth-order valence-electron chi connectivity index (χ4n) is 2.73. The number of nitrogens with one attached hydrogen (secondary N) is 1. The van der Waals surface area contributed by atoms with Crippen molar-refractivity contribution in [3.05, 3.63) is 95.6 Å². The van der Waals surface area contributed by atoms with Crippen molar-refractivity contribution in [2.24, 2.45) is 0 Å². The van der Waals surface area contributed by atoms with Crippen LogP contribution in [-0.2, 0) is 6.54 Å². The molecule has 3 aromatic heterocycles. The Morgan fingerprint density at radius 1 is 1.14 bits per heavy atom. The van der Waals surface area contributed by atoms with Crippen molar-refractivity contribution in [1.82, 2.24) is 18.9 Å². The molecule has 0 atom stereocenters. The second-order valence-corrected chi connectivity index (χ2v) is 6.93. The molecule has 8 heteroatoms. The average Bonchev–Trinajstić information content (AvgIpc) is 3.34. The molecular formula is C21H16FN5OS. The number of carbonyl (C=O) groups is 1. The van der Waals surface area contributed by atoms with E-state index in [0.29, 0.717) is 17.5 Å². The van der Waals surface area contributed by atoms with Crippen LogP contribution in [0.2, 0.25) is 0 Å². The van der Waals surface area contributed by atoms with Crippen molar-refractivity contribution in [3.8, 4) is 0 Å². The van der Waals surface area contributed by atoms with Crippen molar-refractivity contribution in [1.29, 1.82) is 0 Å². The van der Waals surface area contributed by atoms with Gasteiger partial charge in [0.1, 0.15) is 11.5 Å². The smallest absolute Gasteiger partial charge is 0.274 e. The van der Waals surface area contributed by atoms with Crippen LogP contribution in [0.25, 0.3) is 12.2 Å². The van der Waals surface area contributed by atoms with E-state index in [2.05, 4.69) is 19.7 Å². The van der Waals surface area contributed by atoms with Crippen LogP contribution in [0.1, 0.15) is 27.4 Å². The zero-order chi connectivity index (χ0) is 20.1. The van der Waals surface area contributed by atoms with Gasteiger partial charge in [-0.2, -0.15) is 9.36 Å². The Bertz CT molecular complexity index is 1140. The molecule has 0 saturated carbocycles. The maximum absolute atomic E-state index is 13.8. The molecule has 4 aromatic rings. The number of rotatable bonds is 6. The van der Waals surface area contributed by atoms with Crippen molar-refractivity contribution in [3.63, 3.8) is 0 Å². The molecule has 144 valence electrons. The van der Waals surface area contributed by atoms with E-state index in [9.17, 15) is 9.18 Å². The third-order valence-electron chi connectivity index (χ3n) is 4.08. The van der Waals surface area contributed by atoms with E-state index in [1.54, 1.807) is 23.0 Å². The molecule has 0 radical (unpaired) electrons. The van der Waals surface area contributed by atoms with E-state index < -0.39 is 11.7 Å². The first-order valence-electron chi connectivity index (χ1n) is 8.80. The Balaban J connectivity index is 1.46. The summed E-state index contributed by atoms with van der Waals surface area (Å²) in [5.74, 6) is -0.432. The Labute approximate surface area is 170 Å². The zero-order valence-electron chi connectivity index (χ0n) is 15.2. The molecule has 1 amide bonds. The van der Waals surface area contributed by atoms with Crippen LogP contribution >= 0.6 is 11.5 Å². The maximum atomic E-state index is 13.8. The van der Waals surface area contributed by atoms with E-state index in [1.807, 2.05) is 48.5 Å². The molecule has 0 aliphatic carbocycles. The highest BCUT2D eigenvalue weighted by atomic mass is 32.1. The molecule has 6 nitrogen and oxygen atoms in total. The maximum Gasteiger partial charge on any atom is 0.274 e. The van der Waals surface area contributed by atoms with Gasteiger partial charge in [-0.25, -0.2) is 4.39 Å². The highest BCUT2D eigenvalue weighted by Gasteiger charge is 2.16. The lowest BCUT2D eigenvalue weighted by Crippen LogP contribution is -2.17. The minimum atomic E-state index is -0.479. The largest absolute Gasteiger partial charge is 0.336 e. The first kappa shape index (κ1) is 18.7. The number of pyridine rings is 1. The average molecular weight is 405 g/mol. The molecule has 29 heavy (non-hydrogen) atoms. The van der Waals surface area contributed by atoms with Gasteiger partial charge in [-0.05, 0) is 29.3 Å². The predicted octanol–water partition coefficient (Wildman–Crippen LogP) is 4.34. The third kappa shape index (κ3) is 4.80. The second-order valence-electron chi connectivity index (χ2n) is 6.18. The van der Waals surface area contributed by atoms with Crippen LogP contribution < -0.4 is 5.32 Å². The van der Waals surface area contributed by atoms with Gasteiger partial charge in [0.15, 0.2) is 5.82 Å². The fraction of sp³-hybridized carbons (Fsp3) is 0.0476. The first-order chi connectivity index (χ1) is 14.2. The summed E-state index contributed by atoms with van der Waals surface area (Å²) < 4.78 is 19.6. The quantitative estimate of drug-likeness (QED) is 0.518. The molecule has 4 rings (SSSR count). The van der Waals surface area contributed by atoms with Gasteiger partial charge in [0, 0.05) is 42.7 Å². The highest BCUT2D eigenvalue weighted by Crippen LogP contribution is 2.17. The normalized spacial score (nSPS) is 11.1. The molecule has 0 spiro atoms. The lowest BCUT2D eigenvalue weighted by Gasteiger charge is -2.08. The Morgan fingerprint density at radius 2 is 1.93 bits per heavy atom. The van der Waals surface area contributed by atoms with Gasteiger partial charge in [-0.15, -0.1) is 0 Å². The van der Waals surface area contributed by atoms with Crippen LogP contribution in [0.3, 0.4) is 0 Å². The van der Waals surface area contributed by atoms with Crippen molar-refractivity contribution in [2.75, 3.05) is 5.32 Å². The Kier molecular flexibility index (Phi) is 5.53. The number of hydrogen-bond donors (Lipinski definition) is 1. The van der Waals surface area contributed by atoms with Crippen LogP contribution in [-0.4, -0.2) is 24.8 Å². The summed E-state index contributed by atoms with van der Waals surface area (Å²) in [5.41, 5.74) is 2.14. The van der Waals surface area contributed by atoms with Gasteiger partial charge >= 0.3 is 0 Å². The molecule has 0 unspecified atom stereocenters. The molecule has 1 N–H and O–H groups in total. The van der Waals surface area contributed by atoms with E-state index >= 15 is 0 Å². The van der Waals surface area contributed by atoms with Gasteiger partial charge < -0.3 is 4.57 Å². The highest BCUT2D eigenvalue weighted by molar-refractivity contribution is 7.10. The van der Waals surface area contributed by atoms with Crippen LogP contribution in [0.15, 0.2) is 67.1 Å². The topological polar surface area (TPSA) is 72.7 Å². The molecule has 0 fully saturated rings. The van der Waals surface area contributed by atoms with Crippen LogP contribution in [0.4, 0.5) is 9.52 Å². The van der Waals surface area contributed by atoms with Crippen LogP contribution in [0.5, 0.6) is 0 Å². The van der Waals surface area contributed by atoms with Crippen molar-refractivity contribution < 1.29 is 9.18 Å². The second kappa shape index (κ2) is 8.57. The minimum absolute atomic E-state index is 0.205. The van der Waals surface area contributed by atoms with E-state index in [-0.39, 0.29) is 5.69 Å². The minimum Gasteiger partial charge on any atom is -0.336 e. The number of halogens is 1. The molecule has 0 bridgehead atoms. The third-order valence-corrected chi connectivity index (χ3v) is 4.73. The monoisotopic (exact) mass is 405 g/mol. The Morgan fingerprint density at radius 3 is 2.72 bits per heavy atom. The molecule has 0 saturated heterocycles. The predicted molar refractivity (Wildman–Crippen MR) is 111 cm³/mol. The van der Waals surface area contributed by atoms with Crippen molar-refractivity contribution >= 4 is 34.7 Å². The van der Waals surface area contributed by atoms with Gasteiger partial charge in [0.05, 0.1) is 0 Å². The van der Waals surface area contributed by atoms with Crippen LogP contribution in [0, 0.1) is 5.82 Å². The molecule has 0 aliphatic rings. The summed E-state index contributed by atoms with van der Waals surface area (Å²) >= 11 is 1.07. The number of carbonyl (C=O) groups excluding carboxylic acids is 1. The molecular weight excluding hydrogens is 389 g/mol. The van der Waals surface area contributed by atoms with E-state index in [1.165, 1.54) is 12.3 Å². The fourth-order valence-corrected chi connectivity index (χ4v) is 3.28. The SMILES string of the molecule is O=C(Nc1nc(C=Cc2ccccc2)ns1)c1cc(F)cn1Cc1ccncc1. The summed E-state index contributed by atoms with van der Waals surface area (Å²) in [7, 11) is 0. The van der Waals surface area contributed by atoms with Gasteiger partial charge in [-0.1, -0.05) is 36.4 Å². The van der Waals surface area contributed by atoms with Gasteiger partial charge in [-0.3, -0.25) is 15.1 Å². The standard InChI is InChI=1S/C21H16FN5OS/c22-17-12-18(27(14-17)13-16-8-10-23-11-9-16)20(28)25-21-24-19(26-29-21)7-6-15-4-2-1-3-5-15/h1-12,14H,13H2,(H,24,25,26,28). The van der Waals surface area contributed by atoms with E-state index in [0.717, 1.165) is 22.7 Å². The number of benzene rings is 1. The van der Waals surface area contributed by atoms with Gasteiger partial charge in [0.25, 0.3) is 5.91 Å². The number of amides is 1. The number of anilines is 1. The molecule has 0 aliphatic heterocycles. The summed E-state index contributed by atoms with van der Waals surface area (Å²) in [6.07, 6.45) is 8.26. The first-order valence-corrected chi connectivity index (χ1v) is 9.57. The van der Waals surface area contributed by atoms with Crippen molar-refractivity contribution in [2.45, 2.75) is 6.54 Å². The summed E-state index contributed by atoms with van der Waals surface area (Å²) in [6.45, 7) is 0.358. The summed E-state index contributed by atoms with van der Waals surface area (Å²) in [4.78, 5) is 20.9.